The van der Waals surface area contributed by atoms with Gasteiger partial charge in [-0.1, -0.05) is 0 Å². The van der Waals surface area contributed by atoms with Gasteiger partial charge in [0.05, 0.1) is 9.67 Å². The van der Waals surface area contributed by atoms with Crippen molar-refractivity contribution in [2.75, 3.05) is 0 Å². The minimum absolute atomic E-state index is 0.411. The van der Waals surface area contributed by atoms with Gasteiger partial charge in [0.25, 0.3) is 0 Å². The first kappa shape index (κ1) is 11.1. The third-order valence-corrected chi connectivity index (χ3v) is 3.97. The molecule has 3 nitrogen and oxygen atoms in total. The first-order valence-electron chi connectivity index (χ1n) is 4.46. The van der Waals surface area contributed by atoms with Crippen molar-refractivity contribution < 1.29 is 0 Å². The maximum atomic E-state index is 5.73. The Morgan fingerprint density at radius 2 is 2.33 bits per heavy atom. The van der Waals surface area contributed by atoms with E-state index >= 15 is 0 Å². The summed E-state index contributed by atoms with van der Waals surface area (Å²) in [6.07, 6.45) is 2.71. The quantitative estimate of drug-likeness (QED) is 0.813. The van der Waals surface area contributed by atoms with Crippen LogP contribution in [0.25, 0.3) is 0 Å². The second-order valence-electron chi connectivity index (χ2n) is 3.03. The zero-order valence-electron chi connectivity index (χ0n) is 7.86. The number of hydrogen-bond donors (Lipinski definition) is 0. The first-order valence-corrected chi connectivity index (χ1v) is 6.61. The molecule has 6 heteroatoms. The summed E-state index contributed by atoms with van der Waals surface area (Å²) < 4.78 is 3.15. The molecule has 0 aliphatic rings. The molecule has 0 aromatic carbocycles. The van der Waals surface area contributed by atoms with Crippen molar-refractivity contribution in [2.45, 2.75) is 18.8 Å². The van der Waals surface area contributed by atoms with Gasteiger partial charge >= 0.3 is 0 Å². The molecule has 0 radical (unpaired) electrons. The van der Waals surface area contributed by atoms with Crippen molar-refractivity contribution in [2.24, 2.45) is 0 Å². The minimum Gasteiger partial charge on any atom is -0.316 e. The number of aromatic nitrogens is 3. The van der Waals surface area contributed by atoms with Crippen LogP contribution in [-0.2, 0) is 18.8 Å². The second kappa shape index (κ2) is 5.09. The van der Waals surface area contributed by atoms with Gasteiger partial charge in [0.15, 0.2) is 0 Å². The van der Waals surface area contributed by atoms with Gasteiger partial charge in [0.1, 0.15) is 12.2 Å². The highest BCUT2D eigenvalue weighted by Crippen LogP contribution is 2.22. The van der Waals surface area contributed by atoms with E-state index in [4.69, 9.17) is 11.6 Å². The molecule has 15 heavy (non-hydrogen) atoms. The van der Waals surface area contributed by atoms with Crippen LogP contribution in [0.1, 0.15) is 10.7 Å². The van der Waals surface area contributed by atoms with Crippen molar-refractivity contribution in [1.29, 1.82) is 0 Å². The van der Waals surface area contributed by atoms with Gasteiger partial charge in [-0.15, -0.1) is 33.1 Å². The number of halogens is 2. The molecular weight excluding hydrogens is 298 g/mol. The Morgan fingerprint density at radius 1 is 1.47 bits per heavy atom. The highest BCUT2D eigenvalue weighted by atomic mass is 79.9. The molecule has 0 spiro atoms. The SMILES string of the molecule is ClCc1nncn1CCc1ccc(Br)s1. The zero-order valence-corrected chi connectivity index (χ0v) is 11.0. The lowest BCUT2D eigenvalue weighted by Crippen LogP contribution is -2.03. The van der Waals surface area contributed by atoms with Crippen LogP contribution in [-0.4, -0.2) is 14.8 Å². The molecule has 2 heterocycles. The maximum Gasteiger partial charge on any atom is 0.147 e. The van der Waals surface area contributed by atoms with Gasteiger partial charge < -0.3 is 4.57 Å². The van der Waals surface area contributed by atoms with Gasteiger partial charge in [-0.25, -0.2) is 0 Å². The third kappa shape index (κ3) is 2.80. The van der Waals surface area contributed by atoms with E-state index in [0.717, 1.165) is 18.8 Å². The Hall–Kier alpha value is -0.390. The van der Waals surface area contributed by atoms with E-state index in [0.29, 0.717) is 5.88 Å². The van der Waals surface area contributed by atoms with Crippen molar-refractivity contribution in [3.05, 3.63) is 32.9 Å². The van der Waals surface area contributed by atoms with Crippen LogP contribution >= 0.6 is 38.9 Å². The molecule has 0 unspecified atom stereocenters. The molecule has 0 amide bonds. The topological polar surface area (TPSA) is 30.7 Å². The Morgan fingerprint density at radius 3 is 3.00 bits per heavy atom. The van der Waals surface area contributed by atoms with Gasteiger partial charge in [0.2, 0.25) is 0 Å². The summed E-state index contributed by atoms with van der Waals surface area (Å²) in [5, 5.41) is 7.76. The Labute approximate surface area is 105 Å². The van der Waals surface area contributed by atoms with E-state index in [1.807, 2.05) is 4.57 Å². The van der Waals surface area contributed by atoms with E-state index < -0.39 is 0 Å². The van der Waals surface area contributed by atoms with Crippen LogP contribution in [0.15, 0.2) is 22.2 Å². The number of hydrogen-bond acceptors (Lipinski definition) is 3. The molecule has 0 saturated heterocycles. The monoisotopic (exact) mass is 305 g/mol. The summed E-state index contributed by atoms with van der Waals surface area (Å²) in [4.78, 5) is 1.34. The second-order valence-corrected chi connectivity index (χ2v) is 5.84. The summed E-state index contributed by atoms with van der Waals surface area (Å²) in [6.45, 7) is 0.877. The molecule has 2 aromatic heterocycles. The number of rotatable bonds is 4. The molecule has 0 saturated carbocycles. The summed E-state index contributed by atoms with van der Waals surface area (Å²) in [6, 6.07) is 4.19. The zero-order chi connectivity index (χ0) is 10.7. The number of thiophene rings is 1. The summed E-state index contributed by atoms with van der Waals surface area (Å²) in [7, 11) is 0. The van der Waals surface area contributed by atoms with Crippen LogP contribution in [0.3, 0.4) is 0 Å². The molecule has 0 aliphatic carbocycles. The van der Waals surface area contributed by atoms with Crippen molar-refractivity contribution in [3.8, 4) is 0 Å². The molecule has 0 aliphatic heterocycles. The summed E-state index contributed by atoms with van der Waals surface area (Å²) >= 11 is 10.9. The van der Waals surface area contributed by atoms with Crippen LogP contribution < -0.4 is 0 Å². The first-order chi connectivity index (χ1) is 7.29. The van der Waals surface area contributed by atoms with E-state index in [1.165, 1.54) is 8.66 Å². The fourth-order valence-corrected chi connectivity index (χ4v) is 2.96. The van der Waals surface area contributed by atoms with Gasteiger partial charge in [-0.3, -0.25) is 0 Å². The van der Waals surface area contributed by atoms with Crippen molar-refractivity contribution in [1.82, 2.24) is 14.8 Å². The molecule has 80 valence electrons. The molecule has 2 rings (SSSR count). The van der Waals surface area contributed by atoms with Gasteiger partial charge in [-0.05, 0) is 34.5 Å². The van der Waals surface area contributed by atoms with Crippen LogP contribution in [0.5, 0.6) is 0 Å². The third-order valence-electron chi connectivity index (χ3n) is 2.04. The van der Waals surface area contributed by atoms with E-state index in [1.54, 1.807) is 17.7 Å². The standard InChI is InChI=1S/C9H9BrClN3S/c10-8-2-1-7(15-8)3-4-14-6-12-13-9(14)5-11/h1-2,6H,3-5H2. The fraction of sp³-hybridized carbons (Fsp3) is 0.333. The fourth-order valence-electron chi connectivity index (χ4n) is 1.29. The lowest BCUT2D eigenvalue weighted by atomic mass is 10.3. The van der Waals surface area contributed by atoms with Crippen LogP contribution in [0.2, 0.25) is 0 Å². The average molecular weight is 307 g/mol. The molecule has 0 atom stereocenters. The van der Waals surface area contributed by atoms with E-state index in [2.05, 4.69) is 38.3 Å². The summed E-state index contributed by atoms with van der Waals surface area (Å²) in [5.74, 6) is 1.24. The lowest BCUT2D eigenvalue weighted by Gasteiger charge is -2.02. The Balaban J connectivity index is 1.98. The highest BCUT2D eigenvalue weighted by Gasteiger charge is 2.03. The highest BCUT2D eigenvalue weighted by molar-refractivity contribution is 9.11. The molecule has 0 bridgehead atoms. The number of aryl methyl sites for hydroxylation is 2. The van der Waals surface area contributed by atoms with Crippen molar-refractivity contribution in [3.63, 3.8) is 0 Å². The molecular formula is C9H9BrClN3S. The normalized spacial score (nSPS) is 10.8. The predicted octanol–water partition coefficient (Wildman–Crippen LogP) is 3.08. The predicted molar refractivity (Wildman–Crippen MR) is 65.3 cm³/mol. The van der Waals surface area contributed by atoms with Crippen LogP contribution in [0, 0.1) is 0 Å². The van der Waals surface area contributed by atoms with Gasteiger partial charge in [0, 0.05) is 11.4 Å². The largest absolute Gasteiger partial charge is 0.316 e. The minimum atomic E-state index is 0.411. The Bertz CT molecular complexity index is 440. The number of nitrogens with zero attached hydrogens (tertiary/aromatic N) is 3. The summed E-state index contributed by atoms with van der Waals surface area (Å²) in [5.41, 5.74) is 0. The van der Waals surface area contributed by atoms with E-state index in [-0.39, 0.29) is 0 Å². The average Bonchev–Trinajstić information content (AvgIpc) is 2.83. The molecule has 0 fully saturated rings. The van der Waals surface area contributed by atoms with Crippen molar-refractivity contribution >= 4 is 38.9 Å². The Kier molecular flexibility index (Phi) is 3.77. The maximum absolute atomic E-state index is 5.73. The van der Waals surface area contributed by atoms with Gasteiger partial charge in [-0.2, -0.15) is 0 Å². The molecule has 0 N–H and O–H groups in total. The molecule has 2 aromatic rings. The van der Waals surface area contributed by atoms with Crippen LogP contribution in [0.4, 0.5) is 0 Å². The number of alkyl halides is 1. The van der Waals surface area contributed by atoms with E-state index in [9.17, 15) is 0 Å². The smallest absolute Gasteiger partial charge is 0.147 e. The lowest BCUT2D eigenvalue weighted by molar-refractivity contribution is 0.673.